The zero-order valence-corrected chi connectivity index (χ0v) is 18.7. The van der Waals surface area contributed by atoms with Gasteiger partial charge >= 0.3 is 0 Å². The molecule has 1 aromatic rings. The number of sulfone groups is 1. The molecule has 1 saturated heterocycles. The summed E-state index contributed by atoms with van der Waals surface area (Å²) in [5.41, 5.74) is 1.15. The number of nitrogens with one attached hydrogen (secondary N) is 2. The molecule has 1 saturated carbocycles. The first-order valence-corrected chi connectivity index (χ1v) is 11.3. The molecular formula is C19H28IN3O3S. The van der Waals surface area contributed by atoms with Crippen LogP contribution in [0.15, 0.2) is 29.3 Å². The topological polar surface area (TPSA) is 79.8 Å². The van der Waals surface area contributed by atoms with Crippen LogP contribution in [0.3, 0.4) is 0 Å². The van der Waals surface area contributed by atoms with Gasteiger partial charge in [0.1, 0.15) is 5.75 Å². The lowest BCUT2D eigenvalue weighted by atomic mass is 10.0. The second kappa shape index (κ2) is 8.55. The highest BCUT2D eigenvalue weighted by atomic mass is 127. The van der Waals surface area contributed by atoms with E-state index in [1.54, 1.807) is 0 Å². The average molecular weight is 505 g/mol. The van der Waals surface area contributed by atoms with E-state index in [4.69, 9.17) is 9.73 Å². The molecule has 0 bridgehead atoms. The van der Waals surface area contributed by atoms with Crippen molar-refractivity contribution < 1.29 is 13.2 Å². The van der Waals surface area contributed by atoms with Crippen molar-refractivity contribution in [3.05, 3.63) is 29.8 Å². The Balaban J connectivity index is 0.00000210. The largest absolute Gasteiger partial charge is 0.493 e. The predicted molar refractivity (Wildman–Crippen MR) is 118 cm³/mol. The second-order valence-electron chi connectivity index (χ2n) is 7.79. The van der Waals surface area contributed by atoms with Crippen LogP contribution in [0.2, 0.25) is 0 Å². The van der Waals surface area contributed by atoms with E-state index in [0.29, 0.717) is 30.9 Å². The molecule has 3 aliphatic rings. The average Bonchev–Trinajstić information content (AvgIpc) is 3.19. The van der Waals surface area contributed by atoms with E-state index < -0.39 is 9.84 Å². The molecule has 8 heteroatoms. The molecule has 4 rings (SSSR count). The first-order chi connectivity index (χ1) is 12.5. The van der Waals surface area contributed by atoms with Crippen LogP contribution in [0.1, 0.15) is 37.8 Å². The molecule has 1 aromatic carbocycles. The summed E-state index contributed by atoms with van der Waals surface area (Å²) < 4.78 is 29.1. The van der Waals surface area contributed by atoms with E-state index in [0.717, 1.165) is 36.5 Å². The van der Waals surface area contributed by atoms with Gasteiger partial charge in [-0.2, -0.15) is 0 Å². The number of hydrogen-bond donors (Lipinski definition) is 2. The van der Waals surface area contributed by atoms with Gasteiger partial charge in [0, 0.05) is 24.6 Å². The van der Waals surface area contributed by atoms with Crippen LogP contribution in [0.5, 0.6) is 5.75 Å². The number of rotatable bonds is 4. The first kappa shape index (κ1) is 20.7. The molecule has 2 N–H and O–H groups in total. The minimum Gasteiger partial charge on any atom is -0.493 e. The Kier molecular flexibility index (Phi) is 6.55. The van der Waals surface area contributed by atoms with Crippen molar-refractivity contribution in [1.29, 1.82) is 0 Å². The predicted octanol–water partition coefficient (Wildman–Crippen LogP) is 2.51. The van der Waals surface area contributed by atoms with Crippen LogP contribution in [-0.2, 0) is 9.84 Å². The van der Waals surface area contributed by atoms with E-state index >= 15 is 0 Å². The summed E-state index contributed by atoms with van der Waals surface area (Å²) in [6, 6.07) is 8.73. The zero-order valence-electron chi connectivity index (χ0n) is 15.6. The molecule has 0 spiro atoms. The van der Waals surface area contributed by atoms with Crippen LogP contribution in [0, 0.1) is 11.8 Å². The van der Waals surface area contributed by atoms with Gasteiger partial charge in [-0.05, 0) is 30.7 Å². The fourth-order valence-electron chi connectivity index (χ4n) is 3.73. The smallest absolute Gasteiger partial charge is 0.191 e. The summed E-state index contributed by atoms with van der Waals surface area (Å²) in [6.45, 7) is 3.46. The van der Waals surface area contributed by atoms with Gasteiger partial charge in [0.15, 0.2) is 15.8 Å². The molecule has 27 heavy (non-hydrogen) atoms. The van der Waals surface area contributed by atoms with Crippen LogP contribution in [0.25, 0.3) is 0 Å². The van der Waals surface area contributed by atoms with Crippen molar-refractivity contribution in [3.8, 4) is 5.75 Å². The molecular weight excluding hydrogens is 477 g/mol. The summed E-state index contributed by atoms with van der Waals surface area (Å²) in [6.07, 6.45) is 2.76. The first-order valence-electron chi connectivity index (χ1n) is 9.50. The number of ether oxygens (including phenoxy) is 1. The van der Waals surface area contributed by atoms with E-state index in [-0.39, 0.29) is 41.7 Å². The molecule has 150 valence electrons. The summed E-state index contributed by atoms with van der Waals surface area (Å²) >= 11 is 0. The molecule has 0 aromatic heterocycles. The van der Waals surface area contributed by atoms with Crippen LogP contribution < -0.4 is 15.4 Å². The SMILES string of the molecule is CC1CC1NC(=NCC1CCS(=O)(=O)C1)NC1CCOc2ccccc21.I. The van der Waals surface area contributed by atoms with Gasteiger partial charge in [0.2, 0.25) is 0 Å². The minimum absolute atomic E-state index is 0. The lowest BCUT2D eigenvalue weighted by molar-refractivity contribution is 0.261. The van der Waals surface area contributed by atoms with Crippen LogP contribution >= 0.6 is 24.0 Å². The van der Waals surface area contributed by atoms with Gasteiger partial charge in [-0.1, -0.05) is 25.1 Å². The fourth-order valence-corrected chi connectivity index (χ4v) is 5.57. The number of para-hydroxylation sites is 1. The number of nitrogens with zero attached hydrogens (tertiary/aromatic N) is 1. The summed E-state index contributed by atoms with van der Waals surface area (Å²) in [7, 11) is -2.86. The van der Waals surface area contributed by atoms with Crippen LogP contribution in [-0.4, -0.2) is 45.1 Å². The Bertz CT molecular complexity index is 799. The Morgan fingerprint density at radius 2 is 2.04 bits per heavy atom. The molecule has 4 unspecified atom stereocenters. The fraction of sp³-hybridized carbons (Fsp3) is 0.632. The number of aliphatic imine (C=N–C) groups is 1. The number of guanidine groups is 1. The number of halogens is 1. The molecule has 4 atom stereocenters. The summed E-state index contributed by atoms with van der Waals surface area (Å²) in [5.74, 6) is 3.09. The quantitative estimate of drug-likeness (QED) is 0.374. The van der Waals surface area contributed by atoms with Crippen molar-refractivity contribution in [2.75, 3.05) is 24.7 Å². The van der Waals surface area contributed by atoms with Crippen molar-refractivity contribution in [2.45, 2.75) is 38.3 Å². The highest BCUT2D eigenvalue weighted by Gasteiger charge is 2.34. The third-order valence-corrected chi connectivity index (χ3v) is 7.37. The molecule has 0 amide bonds. The molecule has 2 fully saturated rings. The lowest BCUT2D eigenvalue weighted by Crippen LogP contribution is -2.42. The number of hydrogen-bond acceptors (Lipinski definition) is 4. The molecule has 2 heterocycles. The Labute approximate surface area is 178 Å². The van der Waals surface area contributed by atoms with Crippen molar-refractivity contribution >= 4 is 39.8 Å². The third kappa shape index (κ3) is 5.28. The highest BCUT2D eigenvalue weighted by molar-refractivity contribution is 14.0. The number of benzene rings is 1. The minimum atomic E-state index is -2.86. The Morgan fingerprint density at radius 3 is 2.74 bits per heavy atom. The maximum absolute atomic E-state index is 11.7. The summed E-state index contributed by atoms with van der Waals surface area (Å²) in [5, 5.41) is 7.07. The molecule has 1 aliphatic carbocycles. The molecule has 0 radical (unpaired) electrons. The zero-order chi connectivity index (χ0) is 18.1. The maximum Gasteiger partial charge on any atom is 0.191 e. The Hall–Kier alpha value is -1.03. The third-order valence-electron chi connectivity index (χ3n) is 5.54. The van der Waals surface area contributed by atoms with Crippen molar-refractivity contribution in [1.82, 2.24) is 10.6 Å². The van der Waals surface area contributed by atoms with Gasteiger partial charge in [-0.25, -0.2) is 8.42 Å². The standard InChI is InChI=1S/C19H27N3O3S.HI/c1-13-10-17(13)22-19(20-11-14-7-9-26(23,24)12-14)21-16-6-8-25-18-5-3-2-4-15(16)18;/h2-5,13-14,16-17H,6-12H2,1H3,(H2,20,21,22);1H. The van der Waals surface area contributed by atoms with Crippen LogP contribution in [0.4, 0.5) is 0 Å². The van der Waals surface area contributed by atoms with Gasteiger partial charge < -0.3 is 15.4 Å². The lowest BCUT2D eigenvalue weighted by Gasteiger charge is -2.28. The van der Waals surface area contributed by atoms with E-state index in [1.807, 2.05) is 18.2 Å². The van der Waals surface area contributed by atoms with E-state index in [9.17, 15) is 8.42 Å². The maximum atomic E-state index is 11.7. The Morgan fingerprint density at radius 1 is 1.26 bits per heavy atom. The van der Waals surface area contributed by atoms with Crippen molar-refractivity contribution in [3.63, 3.8) is 0 Å². The van der Waals surface area contributed by atoms with Gasteiger partial charge in [0.25, 0.3) is 0 Å². The van der Waals surface area contributed by atoms with Crippen molar-refractivity contribution in [2.24, 2.45) is 16.8 Å². The summed E-state index contributed by atoms with van der Waals surface area (Å²) in [4.78, 5) is 4.74. The van der Waals surface area contributed by atoms with Gasteiger partial charge in [0.05, 0.1) is 24.2 Å². The molecule has 6 nitrogen and oxygen atoms in total. The number of fused-ring (bicyclic) bond motifs is 1. The monoisotopic (exact) mass is 505 g/mol. The molecule has 2 aliphatic heterocycles. The highest BCUT2D eigenvalue weighted by Crippen LogP contribution is 2.32. The van der Waals surface area contributed by atoms with E-state index in [2.05, 4.69) is 23.6 Å². The second-order valence-corrected chi connectivity index (χ2v) is 10.0. The van der Waals surface area contributed by atoms with Gasteiger partial charge in [-0.15, -0.1) is 24.0 Å². The van der Waals surface area contributed by atoms with E-state index in [1.165, 1.54) is 0 Å². The normalized spacial score (nSPS) is 31.2. The van der Waals surface area contributed by atoms with Gasteiger partial charge in [-0.3, -0.25) is 4.99 Å².